The summed E-state index contributed by atoms with van der Waals surface area (Å²) in [6, 6.07) is 33.5. The normalized spacial score (nSPS) is 11.1. The van der Waals surface area contributed by atoms with Gasteiger partial charge >= 0.3 is 0 Å². The van der Waals surface area contributed by atoms with Gasteiger partial charge in [-0.2, -0.15) is 4.57 Å². The molecular formula is C33H23IN4. The van der Waals surface area contributed by atoms with Crippen LogP contribution in [0.15, 0.2) is 122 Å². The Hall–Kier alpha value is -4.23. The quantitative estimate of drug-likeness (QED) is 0.148. The molecule has 0 amide bonds. The molecule has 4 aromatic carbocycles. The molecule has 0 N–H and O–H groups in total. The van der Waals surface area contributed by atoms with Gasteiger partial charge in [-0.3, -0.25) is 9.97 Å². The SMILES string of the molecule is C[n+]1cccc2c3ccccc3c3cccnc3c21.[I-].c1ccc2c(c1)c1cccnc1c1ncccc21. The van der Waals surface area contributed by atoms with Crippen molar-refractivity contribution < 1.29 is 28.5 Å². The van der Waals surface area contributed by atoms with Gasteiger partial charge in [-0.1, -0.05) is 66.7 Å². The van der Waals surface area contributed by atoms with E-state index in [0.717, 1.165) is 16.6 Å². The predicted octanol–water partition coefficient (Wildman–Crippen LogP) is 4.31. The summed E-state index contributed by atoms with van der Waals surface area (Å²) in [4.78, 5) is 13.6. The number of halogens is 1. The summed E-state index contributed by atoms with van der Waals surface area (Å²) >= 11 is 0. The van der Waals surface area contributed by atoms with Gasteiger partial charge in [0.2, 0.25) is 5.52 Å². The Morgan fingerprint density at radius 3 is 1.29 bits per heavy atom. The van der Waals surface area contributed by atoms with E-state index >= 15 is 0 Å². The molecule has 0 fully saturated rings. The zero-order chi connectivity index (χ0) is 24.8. The first-order chi connectivity index (χ1) is 18.3. The van der Waals surface area contributed by atoms with Crippen molar-refractivity contribution in [2.45, 2.75) is 0 Å². The van der Waals surface area contributed by atoms with Gasteiger partial charge in [-0.25, -0.2) is 4.98 Å². The van der Waals surface area contributed by atoms with E-state index in [-0.39, 0.29) is 24.0 Å². The molecule has 38 heavy (non-hydrogen) atoms. The van der Waals surface area contributed by atoms with Crippen molar-refractivity contribution in [2.24, 2.45) is 7.05 Å². The molecule has 8 rings (SSSR count). The second kappa shape index (κ2) is 9.91. The number of hydrogen-bond donors (Lipinski definition) is 0. The van der Waals surface area contributed by atoms with Gasteiger partial charge in [0, 0.05) is 40.8 Å². The lowest BCUT2D eigenvalue weighted by atomic mass is 10.00. The lowest BCUT2D eigenvalue weighted by Crippen LogP contribution is -3.00. The van der Waals surface area contributed by atoms with Crippen LogP contribution < -0.4 is 28.5 Å². The minimum Gasteiger partial charge on any atom is -1.00 e. The molecule has 0 atom stereocenters. The first-order valence-corrected chi connectivity index (χ1v) is 12.4. The Kier molecular flexibility index (Phi) is 6.29. The molecule has 0 bridgehead atoms. The fourth-order valence-corrected chi connectivity index (χ4v) is 5.46. The lowest BCUT2D eigenvalue weighted by Gasteiger charge is -2.07. The van der Waals surface area contributed by atoms with Gasteiger partial charge in [-0.05, 0) is 45.8 Å². The summed E-state index contributed by atoms with van der Waals surface area (Å²) < 4.78 is 2.15. The molecular weight excluding hydrogens is 579 g/mol. The minimum absolute atomic E-state index is 0. The highest BCUT2D eigenvalue weighted by Gasteiger charge is 2.15. The van der Waals surface area contributed by atoms with Crippen LogP contribution in [0.4, 0.5) is 0 Å². The second-order valence-electron chi connectivity index (χ2n) is 9.17. The molecule has 8 aromatic rings. The number of aryl methyl sites for hydroxylation is 1. The third-order valence-corrected chi connectivity index (χ3v) is 7.07. The summed E-state index contributed by atoms with van der Waals surface area (Å²) in [6.07, 6.45) is 7.59. The van der Waals surface area contributed by atoms with Crippen LogP contribution in [0, 0.1) is 0 Å². The number of fused-ring (bicyclic) bond motifs is 12. The Morgan fingerprint density at radius 2 is 0.789 bits per heavy atom. The molecule has 4 aromatic heterocycles. The lowest BCUT2D eigenvalue weighted by molar-refractivity contribution is -0.644. The summed E-state index contributed by atoms with van der Waals surface area (Å²) in [7, 11) is 2.07. The summed E-state index contributed by atoms with van der Waals surface area (Å²) in [5, 5.41) is 9.83. The number of aromatic nitrogens is 4. The average molecular weight is 602 g/mol. The fourth-order valence-electron chi connectivity index (χ4n) is 5.46. The van der Waals surface area contributed by atoms with Crippen molar-refractivity contribution >= 4 is 65.2 Å². The predicted molar refractivity (Wildman–Crippen MR) is 152 cm³/mol. The third kappa shape index (κ3) is 3.82. The minimum atomic E-state index is 0. The standard InChI is InChI=1S/C17H13N2.C16H10N2.HI/c1-19-11-5-9-15-13-7-3-2-6-12(13)14-8-4-10-18-16(14)17(15)19;1-2-6-12-11(5-1)13-7-3-9-17-15(13)16-14(12)8-4-10-18-16;/h2-11H,1H3;1-10H;1H/q+1;;/p-1. The van der Waals surface area contributed by atoms with E-state index < -0.39 is 0 Å². The Morgan fingerprint density at radius 1 is 0.421 bits per heavy atom. The molecule has 4 heterocycles. The van der Waals surface area contributed by atoms with Gasteiger partial charge < -0.3 is 24.0 Å². The van der Waals surface area contributed by atoms with Crippen LogP contribution in [-0.4, -0.2) is 15.0 Å². The van der Waals surface area contributed by atoms with E-state index in [1.54, 1.807) is 0 Å². The molecule has 182 valence electrons. The monoisotopic (exact) mass is 602 g/mol. The van der Waals surface area contributed by atoms with E-state index in [1.165, 1.54) is 48.6 Å². The van der Waals surface area contributed by atoms with E-state index in [1.807, 2.05) is 36.8 Å². The Labute approximate surface area is 236 Å². The maximum Gasteiger partial charge on any atom is 0.239 e. The third-order valence-electron chi connectivity index (χ3n) is 7.07. The van der Waals surface area contributed by atoms with Gasteiger partial charge in [0.25, 0.3) is 0 Å². The van der Waals surface area contributed by atoms with Crippen molar-refractivity contribution in [3.8, 4) is 0 Å². The maximum atomic E-state index is 4.60. The zero-order valence-corrected chi connectivity index (χ0v) is 22.9. The van der Waals surface area contributed by atoms with Crippen molar-refractivity contribution in [3.63, 3.8) is 0 Å². The molecule has 4 nitrogen and oxygen atoms in total. The smallest absolute Gasteiger partial charge is 0.239 e. The van der Waals surface area contributed by atoms with Gasteiger partial charge in [0.05, 0.1) is 16.4 Å². The summed E-state index contributed by atoms with van der Waals surface area (Å²) in [5.41, 5.74) is 4.22. The van der Waals surface area contributed by atoms with Crippen LogP contribution in [0.5, 0.6) is 0 Å². The van der Waals surface area contributed by atoms with Gasteiger partial charge in [0.1, 0.15) is 12.6 Å². The molecule has 0 saturated heterocycles. The van der Waals surface area contributed by atoms with Gasteiger partial charge in [0.15, 0.2) is 6.20 Å². The zero-order valence-electron chi connectivity index (χ0n) is 20.7. The van der Waals surface area contributed by atoms with Crippen LogP contribution in [0.2, 0.25) is 0 Å². The first-order valence-electron chi connectivity index (χ1n) is 12.4. The molecule has 0 aliphatic heterocycles. The Bertz CT molecular complexity index is 1860. The highest BCUT2D eigenvalue weighted by atomic mass is 127. The molecule has 0 aliphatic rings. The largest absolute Gasteiger partial charge is 1.00 e. The van der Waals surface area contributed by atoms with Crippen LogP contribution in [0.1, 0.15) is 0 Å². The highest BCUT2D eigenvalue weighted by Crippen LogP contribution is 2.33. The first kappa shape index (κ1) is 24.1. The summed E-state index contributed by atoms with van der Waals surface area (Å²) in [5.74, 6) is 0. The maximum absolute atomic E-state index is 4.60. The number of nitrogens with zero attached hydrogens (tertiary/aromatic N) is 4. The van der Waals surface area contributed by atoms with Crippen LogP contribution in [0.3, 0.4) is 0 Å². The highest BCUT2D eigenvalue weighted by molar-refractivity contribution is 6.23. The molecule has 0 saturated carbocycles. The molecule has 0 spiro atoms. The molecule has 0 aliphatic carbocycles. The number of pyridine rings is 4. The van der Waals surface area contributed by atoms with Gasteiger partial charge in [-0.15, -0.1) is 0 Å². The van der Waals surface area contributed by atoms with E-state index in [9.17, 15) is 0 Å². The Balaban J connectivity index is 0.000000136. The summed E-state index contributed by atoms with van der Waals surface area (Å²) in [6.45, 7) is 0. The fraction of sp³-hybridized carbons (Fsp3) is 0.0303. The second-order valence-corrected chi connectivity index (χ2v) is 9.17. The van der Waals surface area contributed by atoms with Crippen molar-refractivity contribution in [3.05, 3.63) is 122 Å². The molecule has 5 heteroatoms. The van der Waals surface area contributed by atoms with Crippen molar-refractivity contribution in [1.29, 1.82) is 0 Å². The van der Waals surface area contributed by atoms with Crippen molar-refractivity contribution in [2.75, 3.05) is 0 Å². The topological polar surface area (TPSA) is 42.5 Å². The average Bonchev–Trinajstić information content (AvgIpc) is 2.98. The molecule has 0 radical (unpaired) electrons. The van der Waals surface area contributed by atoms with Crippen molar-refractivity contribution in [1.82, 2.24) is 15.0 Å². The van der Waals surface area contributed by atoms with E-state index in [2.05, 4.69) is 112 Å². The van der Waals surface area contributed by atoms with Crippen LogP contribution >= 0.6 is 0 Å². The molecule has 0 unspecified atom stereocenters. The number of benzene rings is 4. The number of hydrogen-bond acceptors (Lipinski definition) is 3. The van der Waals surface area contributed by atoms with Crippen LogP contribution in [-0.2, 0) is 7.05 Å². The number of rotatable bonds is 0. The van der Waals surface area contributed by atoms with Crippen LogP contribution in [0.25, 0.3) is 65.2 Å². The van der Waals surface area contributed by atoms with E-state index in [0.29, 0.717) is 0 Å². The van der Waals surface area contributed by atoms with E-state index in [4.69, 9.17) is 0 Å².